The number of hydrogen-bond acceptors (Lipinski definition) is 2. The quantitative estimate of drug-likeness (QED) is 0.784. The van der Waals surface area contributed by atoms with Crippen LogP contribution >= 0.6 is 11.6 Å². The van der Waals surface area contributed by atoms with E-state index in [4.69, 9.17) is 11.6 Å². The molecule has 0 spiro atoms. The maximum Gasteiger partial charge on any atom is 0.416 e. The second-order valence-electron chi connectivity index (χ2n) is 5.33. The summed E-state index contributed by atoms with van der Waals surface area (Å²) in [6, 6.07) is 7.40. The number of carbonyl (C=O) groups is 2. The molecule has 2 aromatic carbocycles. The molecule has 26 heavy (non-hydrogen) atoms. The molecule has 0 atom stereocenters. The van der Waals surface area contributed by atoms with Gasteiger partial charge < -0.3 is 10.2 Å². The van der Waals surface area contributed by atoms with Crippen molar-refractivity contribution in [2.24, 2.45) is 0 Å². The molecule has 1 N–H and O–H groups in total. The standard InChI is InChI=1S/C17H13ClF4N2O2/c1-10(25)24(13-5-2-11(3-6-13)17(20,21)22)9-16(26)23-12-4-7-15(19)14(18)8-12/h2-8H,9H2,1H3,(H,23,26). The molecule has 0 aliphatic carbocycles. The number of nitrogens with one attached hydrogen (secondary N) is 1. The van der Waals surface area contributed by atoms with E-state index in [9.17, 15) is 27.2 Å². The Labute approximate surface area is 151 Å². The zero-order valence-electron chi connectivity index (χ0n) is 13.4. The first-order chi connectivity index (χ1) is 12.1. The van der Waals surface area contributed by atoms with Crippen molar-refractivity contribution in [1.29, 1.82) is 0 Å². The molecule has 0 unspecified atom stereocenters. The summed E-state index contributed by atoms with van der Waals surface area (Å²) < 4.78 is 50.9. The van der Waals surface area contributed by atoms with Gasteiger partial charge in [-0.3, -0.25) is 9.59 Å². The molecular weight excluding hydrogens is 376 g/mol. The second-order valence-corrected chi connectivity index (χ2v) is 5.73. The van der Waals surface area contributed by atoms with Crippen molar-refractivity contribution in [2.45, 2.75) is 13.1 Å². The molecule has 0 aliphatic heterocycles. The van der Waals surface area contributed by atoms with E-state index in [0.717, 1.165) is 35.2 Å². The van der Waals surface area contributed by atoms with Crippen molar-refractivity contribution in [2.75, 3.05) is 16.8 Å². The predicted molar refractivity (Wildman–Crippen MR) is 89.5 cm³/mol. The third-order valence-electron chi connectivity index (χ3n) is 3.39. The third-order valence-corrected chi connectivity index (χ3v) is 3.68. The topological polar surface area (TPSA) is 49.4 Å². The molecule has 138 valence electrons. The van der Waals surface area contributed by atoms with E-state index in [1.807, 2.05) is 0 Å². The summed E-state index contributed by atoms with van der Waals surface area (Å²) in [7, 11) is 0. The minimum Gasteiger partial charge on any atom is -0.324 e. The Hall–Kier alpha value is -2.61. The van der Waals surface area contributed by atoms with Crippen LogP contribution in [0.25, 0.3) is 0 Å². The zero-order valence-corrected chi connectivity index (χ0v) is 14.2. The molecule has 4 nitrogen and oxygen atoms in total. The number of rotatable bonds is 4. The van der Waals surface area contributed by atoms with Gasteiger partial charge in [0.1, 0.15) is 12.4 Å². The Balaban J connectivity index is 2.13. The number of nitrogens with zero attached hydrogens (tertiary/aromatic N) is 1. The maximum atomic E-state index is 13.1. The second kappa shape index (κ2) is 7.74. The van der Waals surface area contributed by atoms with E-state index < -0.39 is 35.9 Å². The summed E-state index contributed by atoms with van der Waals surface area (Å²) in [5, 5.41) is 2.25. The van der Waals surface area contributed by atoms with Crippen molar-refractivity contribution >= 4 is 34.8 Å². The van der Waals surface area contributed by atoms with E-state index in [1.165, 1.54) is 19.1 Å². The third kappa shape index (κ3) is 4.95. The average Bonchev–Trinajstić information content (AvgIpc) is 2.55. The van der Waals surface area contributed by atoms with Gasteiger partial charge in [-0.05, 0) is 42.5 Å². The molecule has 0 saturated carbocycles. The number of halogens is 5. The molecule has 0 fully saturated rings. The maximum absolute atomic E-state index is 13.1. The smallest absolute Gasteiger partial charge is 0.324 e. The Morgan fingerprint density at radius 1 is 1.12 bits per heavy atom. The van der Waals surface area contributed by atoms with Crippen LogP contribution in [0.1, 0.15) is 12.5 Å². The molecular formula is C17H13ClF4N2O2. The number of carbonyl (C=O) groups excluding carboxylic acids is 2. The lowest BCUT2D eigenvalue weighted by atomic mass is 10.2. The minimum atomic E-state index is -4.50. The van der Waals surface area contributed by atoms with Gasteiger partial charge in [-0.25, -0.2) is 4.39 Å². The fourth-order valence-electron chi connectivity index (χ4n) is 2.13. The molecule has 0 aliphatic rings. The average molecular weight is 389 g/mol. The normalized spacial score (nSPS) is 11.2. The first kappa shape index (κ1) is 19.7. The predicted octanol–water partition coefficient (Wildman–Crippen LogP) is 4.49. The molecule has 2 rings (SSSR count). The van der Waals surface area contributed by atoms with Crippen LogP contribution in [0.3, 0.4) is 0 Å². The van der Waals surface area contributed by atoms with Gasteiger partial charge in [0.05, 0.1) is 10.6 Å². The lowest BCUT2D eigenvalue weighted by molar-refractivity contribution is -0.137. The summed E-state index contributed by atoms with van der Waals surface area (Å²) in [5.41, 5.74) is -0.509. The fraction of sp³-hybridized carbons (Fsp3) is 0.176. The van der Waals surface area contributed by atoms with Gasteiger partial charge in [-0.15, -0.1) is 0 Å². The highest BCUT2D eigenvalue weighted by Gasteiger charge is 2.30. The molecule has 2 aromatic rings. The lowest BCUT2D eigenvalue weighted by Crippen LogP contribution is -2.36. The summed E-state index contributed by atoms with van der Waals surface area (Å²) in [5.74, 6) is -1.81. The van der Waals surface area contributed by atoms with Gasteiger partial charge in [0.15, 0.2) is 0 Å². The molecule has 2 amide bonds. The van der Waals surface area contributed by atoms with Gasteiger partial charge in [-0.2, -0.15) is 13.2 Å². The van der Waals surface area contributed by atoms with Crippen molar-refractivity contribution < 1.29 is 27.2 Å². The van der Waals surface area contributed by atoms with Crippen LogP contribution in [-0.2, 0) is 15.8 Å². The zero-order chi connectivity index (χ0) is 19.5. The highest BCUT2D eigenvalue weighted by molar-refractivity contribution is 6.31. The molecule has 0 bridgehead atoms. The van der Waals surface area contributed by atoms with Crippen LogP contribution < -0.4 is 10.2 Å². The minimum absolute atomic E-state index is 0.137. The first-order valence-electron chi connectivity index (χ1n) is 7.28. The summed E-state index contributed by atoms with van der Waals surface area (Å²) >= 11 is 5.62. The Morgan fingerprint density at radius 2 is 1.73 bits per heavy atom. The number of alkyl halides is 3. The van der Waals surface area contributed by atoms with E-state index in [-0.39, 0.29) is 16.4 Å². The van der Waals surface area contributed by atoms with Gasteiger partial charge in [0.2, 0.25) is 11.8 Å². The van der Waals surface area contributed by atoms with Crippen LogP contribution in [0.15, 0.2) is 42.5 Å². The fourth-order valence-corrected chi connectivity index (χ4v) is 2.31. The van der Waals surface area contributed by atoms with E-state index in [1.54, 1.807) is 0 Å². The molecule has 0 saturated heterocycles. The number of benzene rings is 2. The Morgan fingerprint density at radius 3 is 2.23 bits per heavy atom. The van der Waals surface area contributed by atoms with E-state index in [0.29, 0.717) is 0 Å². The molecule has 0 radical (unpaired) electrons. The van der Waals surface area contributed by atoms with Crippen LogP contribution in [0.5, 0.6) is 0 Å². The van der Waals surface area contributed by atoms with Gasteiger partial charge in [0, 0.05) is 18.3 Å². The lowest BCUT2D eigenvalue weighted by Gasteiger charge is -2.21. The Bertz CT molecular complexity index is 823. The van der Waals surface area contributed by atoms with Crippen LogP contribution in [0.4, 0.5) is 28.9 Å². The van der Waals surface area contributed by atoms with Gasteiger partial charge in [-0.1, -0.05) is 11.6 Å². The number of amides is 2. The van der Waals surface area contributed by atoms with Crippen molar-refractivity contribution in [3.63, 3.8) is 0 Å². The number of anilines is 2. The Kier molecular flexibility index (Phi) is 5.86. The van der Waals surface area contributed by atoms with Crippen molar-refractivity contribution in [3.05, 3.63) is 58.9 Å². The van der Waals surface area contributed by atoms with Gasteiger partial charge >= 0.3 is 6.18 Å². The largest absolute Gasteiger partial charge is 0.416 e. The summed E-state index contributed by atoms with van der Waals surface area (Å²) in [6.45, 7) is 0.745. The van der Waals surface area contributed by atoms with E-state index >= 15 is 0 Å². The molecule has 0 aromatic heterocycles. The highest BCUT2D eigenvalue weighted by Crippen LogP contribution is 2.30. The van der Waals surface area contributed by atoms with Crippen molar-refractivity contribution in [3.8, 4) is 0 Å². The SMILES string of the molecule is CC(=O)N(CC(=O)Nc1ccc(F)c(Cl)c1)c1ccc(C(F)(F)F)cc1. The summed E-state index contributed by atoms with van der Waals surface area (Å²) in [4.78, 5) is 24.9. The van der Waals surface area contributed by atoms with Crippen LogP contribution in [-0.4, -0.2) is 18.4 Å². The van der Waals surface area contributed by atoms with Crippen LogP contribution in [0, 0.1) is 5.82 Å². The highest BCUT2D eigenvalue weighted by atomic mass is 35.5. The number of hydrogen-bond donors (Lipinski definition) is 1. The van der Waals surface area contributed by atoms with Crippen molar-refractivity contribution in [1.82, 2.24) is 0 Å². The molecule has 0 heterocycles. The van der Waals surface area contributed by atoms with Crippen LogP contribution in [0.2, 0.25) is 5.02 Å². The monoisotopic (exact) mass is 388 g/mol. The van der Waals surface area contributed by atoms with Gasteiger partial charge in [0.25, 0.3) is 0 Å². The first-order valence-corrected chi connectivity index (χ1v) is 7.66. The molecule has 9 heteroatoms. The summed E-state index contributed by atoms with van der Waals surface area (Å²) in [6.07, 6.45) is -4.50. The van der Waals surface area contributed by atoms with E-state index in [2.05, 4.69) is 5.32 Å².